The van der Waals surface area contributed by atoms with E-state index in [0.717, 1.165) is 24.0 Å². The number of hydrogen-bond donors (Lipinski definition) is 1. The number of unbranched alkanes of at least 4 members (excludes halogenated alkanes) is 1. The molecule has 3 rings (SSSR count). The van der Waals surface area contributed by atoms with E-state index in [0.29, 0.717) is 26.2 Å². The molecular formula is C27H36O5. The Hall–Kier alpha value is -2.02. The number of aliphatic hydroxyl groups excluding tert-OH is 1. The zero-order valence-corrected chi connectivity index (χ0v) is 19.0. The van der Waals surface area contributed by atoms with E-state index in [1.165, 1.54) is 0 Å². The van der Waals surface area contributed by atoms with Gasteiger partial charge in [0.05, 0.1) is 25.9 Å². The van der Waals surface area contributed by atoms with Crippen molar-refractivity contribution in [3.8, 4) is 0 Å². The minimum Gasteiger partial charge on any atom is -0.394 e. The van der Waals surface area contributed by atoms with Gasteiger partial charge < -0.3 is 24.1 Å². The van der Waals surface area contributed by atoms with Crippen LogP contribution in [0.3, 0.4) is 0 Å². The lowest BCUT2D eigenvalue weighted by Gasteiger charge is -2.46. The van der Waals surface area contributed by atoms with Gasteiger partial charge in [-0.25, -0.2) is 0 Å². The quantitative estimate of drug-likeness (QED) is 0.362. The molecule has 32 heavy (non-hydrogen) atoms. The highest BCUT2D eigenvalue weighted by molar-refractivity contribution is 5.15. The molecule has 5 nitrogen and oxygen atoms in total. The third kappa shape index (κ3) is 6.99. The van der Waals surface area contributed by atoms with Crippen LogP contribution in [0.2, 0.25) is 0 Å². The smallest absolute Gasteiger partial charge is 0.115 e. The molecule has 0 aromatic heterocycles. The molecule has 1 aliphatic rings. The minimum absolute atomic E-state index is 0.138. The monoisotopic (exact) mass is 440 g/mol. The van der Waals surface area contributed by atoms with E-state index in [-0.39, 0.29) is 24.9 Å². The first-order chi connectivity index (χ1) is 15.8. The molecule has 1 saturated heterocycles. The van der Waals surface area contributed by atoms with Crippen LogP contribution in [0.1, 0.15) is 37.3 Å². The van der Waals surface area contributed by atoms with Crippen molar-refractivity contribution in [2.75, 3.05) is 13.2 Å². The molecule has 0 amide bonds. The number of aliphatic hydroxyl groups is 1. The summed E-state index contributed by atoms with van der Waals surface area (Å²) in [6.07, 6.45) is 2.48. The summed E-state index contributed by atoms with van der Waals surface area (Å²) in [7, 11) is 0. The molecule has 0 unspecified atom stereocenters. The fraction of sp³-hybridized carbons (Fsp3) is 0.481. The highest BCUT2D eigenvalue weighted by atomic mass is 16.6. The third-order valence-electron chi connectivity index (χ3n) is 5.69. The maximum absolute atomic E-state index is 10.1. The first-order valence-corrected chi connectivity index (χ1v) is 11.6. The Kier molecular flexibility index (Phi) is 10.4. The largest absolute Gasteiger partial charge is 0.394 e. The Bertz CT molecular complexity index is 766. The van der Waals surface area contributed by atoms with Crippen LogP contribution < -0.4 is 0 Å². The van der Waals surface area contributed by atoms with Gasteiger partial charge in [-0.15, -0.1) is 6.58 Å². The normalized spacial score (nSPS) is 25.5. The van der Waals surface area contributed by atoms with Crippen LogP contribution >= 0.6 is 0 Å². The van der Waals surface area contributed by atoms with E-state index in [4.69, 9.17) is 18.9 Å². The van der Waals surface area contributed by atoms with Gasteiger partial charge in [-0.05, 0) is 24.0 Å². The van der Waals surface area contributed by atoms with E-state index in [1.807, 2.05) is 66.7 Å². The second-order valence-electron chi connectivity index (χ2n) is 8.13. The van der Waals surface area contributed by atoms with Gasteiger partial charge in [0.2, 0.25) is 0 Å². The zero-order chi connectivity index (χ0) is 22.6. The van der Waals surface area contributed by atoms with Gasteiger partial charge in [0, 0.05) is 6.61 Å². The average Bonchev–Trinajstić information content (AvgIpc) is 2.84. The summed E-state index contributed by atoms with van der Waals surface area (Å²) >= 11 is 0. The molecule has 0 bridgehead atoms. The maximum Gasteiger partial charge on any atom is 0.115 e. The molecule has 174 valence electrons. The molecule has 2 aromatic carbocycles. The topological polar surface area (TPSA) is 57.2 Å². The molecule has 1 fully saturated rings. The third-order valence-corrected chi connectivity index (χ3v) is 5.69. The first-order valence-electron chi connectivity index (χ1n) is 11.6. The van der Waals surface area contributed by atoms with Crippen molar-refractivity contribution < 1.29 is 24.1 Å². The summed E-state index contributed by atoms with van der Waals surface area (Å²) in [5.41, 5.74) is 2.16. The van der Waals surface area contributed by atoms with Gasteiger partial charge in [0.15, 0.2) is 0 Å². The standard InChI is InChI=1S/C27H36O5/c1-3-5-17-29-26-24(18-28)32-23(12-4-2)25(30-19-21-13-8-6-9-14-21)27(26)31-20-22-15-10-7-11-16-22/h4,6-11,13-16,23-28H,2-3,5,12,17-20H2,1H3/t23-,24-,25+,26-,27-/m1/s1. The molecule has 2 aromatic rings. The molecule has 0 aliphatic carbocycles. The molecule has 5 heteroatoms. The molecule has 0 spiro atoms. The second-order valence-corrected chi connectivity index (χ2v) is 8.13. The molecule has 1 heterocycles. The Labute approximate surface area is 192 Å². The number of rotatable bonds is 13. The Morgan fingerprint density at radius 3 is 1.94 bits per heavy atom. The lowest BCUT2D eigenvalue weighted by Crippen LogP contribution is -2.61. The SMILES string of the molecule is C=CC[C@H]1O[C@H](CO)[C@@H](OCCCC)[C@H](OCc2ccccc2)[C@H]1OCc1ccccc1. The van der Waals surface area contributed by atoms with Crippen LogP contribution in [-0.4, -0.2) is 48.8 Å². The number of hydrogen-bond acceptors (Lipinski definition) is 5. The Balaban J connectivity index is 1.82. The molecule has 5 atom stereocenters. The summed E-state index contributed by atoms with van der Waals surface area (Å²) in [5, 5.41) is 10.1. The van der Waals surface area contributed by atoms with E-state index in [2.05, 4.69) is 13.5 Å². The Morgan fingerprint density at radius 2 is 1.41 bits per heavy atom. The van der Waals surface area contributed by atoms with Crippen molar-refractivity contribution in [2.24, 2.45) is 0 Å². The van der Waals surface area contributed by atoms with Gasteiger partial charge >= 0.3 is 0 Å². The average molecular weight is 441 g/mol. The molecule has 0 saturated carbocycles. The summed E-state index contributed by atoms with van der Waals surface area (Å²) in [6.45, 7) is 7.34. The van der Waals surface area contributed by atoms with Gasteiger partial charge in [-0.2, -0.15) is 0 Å². The molecule has 0 radical (unpaired) electrons. The predicted molar refractivity (Wildman–Crippen MR) is 125 cm³/mol. The number of benzene rings is 2. The highest BCUT2D eigenvalue weighted by Gasteiger charge is 2.47. The van der Waals surface area contributed by atoms with E-state index in [9.17, 15) is 5.11 Å². The van der Waals surface area contributed by atoms with Crippen LogP contribution in [0.5, 0.6) is 0 Å². The van der Waals surface area contributed by atoms with Gasteiger partial charge in [0.25, 0.3) is 0 Å². The van der Waals surface area contributed by atoms with Crippen molar-refractivity contribution in [1.29, 1.82) is 0 Å². The van der Waals surface area contributed by atoms with Crippen LogP contribution in [0, 0.1) is 0 Å². The fourth-order valence-corrected chi connectivity index (χ4v) is 3.98. The van der Waals surface area contributed by atoms with Gasteiger partial charge in [-0.3, -0.25) is 0 Å². The summed E-state index contributed by atoms with van der Waals surface area (Å²) < 4.78 is 25.3. The van der Waals surface area contributed by atoms with E-state index < -0.39 is 12.2 Å². The van der Waals surface area contributed by atoms with Crippen LogP contribution in [0.15, 0.2) is 73.3 Å². The number of ether oxygens (including phenoxy) is 4. The van der Waals surface area contributed by atoms with Crippen molar-refractivity contribution in [3.63, 3.8) is 0 Å². The fourth-order valence-electron chi connectivity index (χ4n) is 3.98. The summed E-state index contributed by atoms with van der Waals surface area (Å²) in [6, 6.07) is 20.1. The first kappa shape index (κ1) is 24.6. The molecule has 1 N–H and O–H groups in total. The summed E-state index contributed by atoms with van der Waals surface area (Å²) in [5.74, 6) is 0. The van der Waals surface area contributed by atoms with Crippen molar-refractivity contribution >= 4 is 0 Å². The van der Waals surface area contributed by atoms with Crippen molar-refractivity contribution in [3.05, 3.63) is 84.4 Å². The highest BCUT2D eigenvalue weighted by Crippen LogP contribution is 2.31. The Morgan fingerprint density at radius 1 is 0.844 bits per heavy atom. The van der Waals surface area contributed by atoms with E-state index >= 15 is 0 Å². The molecular weight excluding hydrogens is 404 g/mol. The predicted octanol–water partition coefficient (Wildman–Crippen LogP) is 4.68. The lowest BCUT2D eigenvalue weighted by molar-refractivity contribution is -0.267. The van der Waals surface area contributed by atoms with Crippen LogP contribution in [0.25, 0.3) is 0 Å². The zero-order valence-electron chi connectivity index (χ0n) is 19.0. The van der Waals surface area contributed by atoms with Gasteiger partial charge in [-0.1, -0.05) is 80.1 Å². The van der Waals surface area contributed by atoms with E-state index in [1.54, 1.807) is 0 Å². The minimum atomic E-state index is -0.478. The van der Waals surface area contributed by atoms with Crippen LogP contribution in [0.4, 0.5) is 0 Å². The molecule has 1 aliphatic heterocycles. The van der Waals surface area contributed by atoms with Crippen molar-refractivity contribution in [2.45, 2.75) is 69.9 Å². The van der Waals surface area contributed by atoms with Crippen molar-refractivity contribution in [1.82, 2.24) is 0 Å². The maximum atomic E-state index is 10.1. The second kappa shape index (κ2) is 13.5. The lowest BCUT2D eigenvalue weighted by atomic mass is 9.92. The van der Waals surface area contributed by atoms with Crippen LogP contribution in [-0.2, 0) is 32.2 Å². The summed E-state index contributed by atoms with van der Waals surface area (Å²) in [4.78, 5) is 0. The van der Waals surface area contributed by atoms with Gasteiger partial charge in [0.1, 0.15) is 24.4 Å².